The molecule has 1 aliphatic rings. The van der Waals surface area contributed by atoms with Crippen LogP contribution < -0.4 is 5.73 Å². The Balaban J connectivity index is 1.41. The van der Waals surface area contributed by atoms with Crippen LogP contribution in [0.3, 0.4) is 0 Å². The number of nitrogen functional groups attached to an aromatic ring is 1. The molecular weight excluding hydrogens is 346 g/mol. The van der Waals surface area contributed by atoms with Crippen LogP contribution in [0.5, 0.6) is 0 Å². The zero-order valence-electron chi connectivity index (χ0n) is 14.8. The number of aliphatic carboxylic acids is 1. The number of rotatable bonds is 6. The van der Waals surface area contributed by atoms with Gasteiger partial charge in [-0.25, -0.2) is 14.5 Å². The smallest absolute Gasteiger partial charge is 0.303 e. The van der Waals surface area contributed by atoms with Crippen molar-refractivity contribution < 1.29 is 14.6 Å². The van der Waals surface area contributed by atoms with Gasteiger partial charge < -0.3 is 15.6 Å². The first-order valence-electron chi connectivity index (χ1n) is 8.98. The van der Waals surface area contributed by atoms with Crippen LogP contribution in [-0.2, 0) is 16.1 Å². The highest BCUT2D eigenvalue weighted by Gasteiger charge is 2.29. The Morgan fingerprint density at radius 1 is 1.26 bits per heavy atom. The number of nitrogens with zero attached hydrogens (tertiary/aromatic N) is 4. The Bertz CT molecular complexity index is 954. The van der Waals surface area contributed by atoms with Crippen molar-refractivity contribution in [3.8, 4) is 11.1 Å². The van der Waals surface area contributed by atoms with E-state index in [0.717, 1.165) is 35.9 Å². The number of hydrogen-bond acceptors (Lipinski definition) is 6. The minimum atomic E-state index is -0.770. The molecule has 3 aromatic heterocycles. The van der Waals surface area contributed by atoms with Gasteiger partial charge in [0.25, 0.3) is 0 Å². The minimum Gasteiger partial charge on any atom is -0.481 e. The van der Waals surface area contributed by atoms with E-state index in [1.807, 2.05) is 24.4 Å². The van der Waals surface area contributed by atoms with E-state index < -0.39 is 5.97 Å². The molecule has 0 spiro atoms. The first-order chi connectivity index (χ1) is 13.1. The highest BCUT2D eigenvalue weighted by Crippen LogP contribution is 2.31. The third kappa shape index (κ3) is 3.90. The summed E-state index contributed by atoms with van der Waals surface area (Å²) in [5.41, 5.74) is 8.50. The van der Waals surface area contributed by atoms with E-state index in [1.54, 1.807) is 16.9 Å². The molecule has 1 unspecified atom stereocenters. The van der Waals surface area contributed by atoms with Gasteiger partial charge in [-0.3, -0.25) is 4.79 Å². The lowest BCUT2D eigenvalue weighted by Gasteiger charge is -2.18. The highest BCUT2D eigenvalue weighted by atomic mass is 16.5. The van der Waals surface area contributed by atoms with Crippen molar-refractivity contribution in [1.82, 2.24) is 19.6 Å². The largest absolute Gasteiger partial charge is 0.481 e. The maximum absolute atomic E-state index is 10.9. The second kappa shape index (κ2) is 7.32. The van der Waals surface area contributed by atoms with Crippen molar-refractivity contribution in [2.24, 2.45) is 5.92 Å². The lowest BCUT2D eigenvalue weighted by molar-refractivity contribution is -0.139. The van der Waals surface area contributed by atoms with Gasteiger partial charge in [-0.2, -0.15) is 5.10 Å². The quantitative estimate of drug-likeness (QED) is 0.688. The van der Waals surface area contributed by atoms with Crippen molar-refractivity contribution in [3.63, 3.8) is 0 Å². The third-order valence-corrected chi connectivity index (χ3v) is 4.97. The van der Waals surface area contributed by atoms with Crippen LogP contribution in [-0.4, -0.2) is 36.8 Å². The first kappa shape index (κ1) is 17.4. The topological polar surface area (TPSA) is 116 Å². The molecule has 1 saturated carbocycles. The molecular formula is C19H21N5O3. The third-order valence-electron chi connectivity index (χ3n) is 4.97. The van der Waals surface area contributed by atoms with Crippen molar-refractivity contribution in [2.75, 3.05) is 5.73 Å². The molecule has 0 radical (unpaired) electrons. The average molecular weight is 367 g/mol. The Kier molecular flexibility index (Phi) is 4.72. The number of pyridine rings is 1. The van der Waals surface area contributed by atoms with Crippen LogP contribution in [0.4, 0.5) is 5.82 Å². The van der Waals surface area contributed by atoms with Gasteiger partial charge in [-0.15, -0.1) is 0 Å². The van der Waals surface area contributed by atoms with Crippen molar-refractivity contribution in [2.45, 2.75) is 38.4 Å². The summed E-state index contributed by atoms with van der Waals surface area (Å²) < 4.78 is 7.61. The van der Waals surface area contributed by atoms with E-state index >= 15 is 0 Å². The van der Waals surface area contributed by atoms with Crippen LogP contribution in [0, 0.1) is 5.92 Å². The van der Waals surface area contributed by atoms with Gasteiger partial charge in [0.2, 0.25) is 0 Å². The number of aromatic nitrogens is 4. The van der Waals surface area contributed by atoms with Crippen molar-refractivity contribution in [3.05, 3.63) is 42.6 Å². The molecule has 140 valence electrons. The van der Waals surface area contributed by atoms with Crippen LogP contribution >= 0.6 is 0 Å². The van der Waals surface area contributed by atoms with Gasteiger partial charge in [-0.05, 0) is 36.5 Å². The molecule has 0 aliphatic heterocycles. The molecule has 2 atom stereocenters. The fraction of sp³-hybridized carbons (Fsp3) is 0.368. The van der Waals surface area contributed by atoms with Gasteiger partial charge in [0.05, 0.1) is 18.0 Å². The van der Waals surface area contributed by atoms with E-state index in [2.05, 4.69) is 15.1 Å². The van der Waals surface area contributed by atoms with Crippen molar-refractivity contribution in [1.29, 1.82) is 0 Å². The molecule has 8 nitrogen and oxygen atoms in total. The van der Waals surface area contributed by atoms with Gasteiger partial charge in [0.15, 0.2) is 5.82 Å². The fourth-order valence-electron chi connectivity index (χ4n) is 3.63. The van der Waals surface area contributed by atoms with Crippen LogP contribution in [0.15, 0.2) is 36.8 Å². The van der Waals surface area contributed by atoms with E-state index in [4.69, 9.17) is 15.6 Å². The number of hydrogen-bond donors (Lipinski definition) is 2. The van der Waals surface area contributed by atoms with Gasteiger partial charge in [-0.1, -0.05) is 6.42 Å². The monoisotopic (exact) mass is 367 g/mol. The fourth-order valence-corrected chi connectivity index (χ4v) is 3.63. The summed E-state index contributed by atoms with van der Waals surface area (Å²) >= 11 is 0. The summed E-state index contributed by atoms with van der Waals surface area (Å²) in [6.45, 7) is 0.291. The highest BCUT2D eigenvalue weighted by molar-refractivity contribution is 5.69. The summed E-state index contributed by atoms with van der Waals surface area (Å²) in [4.78, 5) is 19.7. The molecule has 0 bridgehead atoms. The Labute approximate surface area is 156 Å². The molecule has 3 aromatic rings. The summed E-state index contributed by atoms with van der Waals surface area (Å²) in [6.07, 6.45) is 8.31. The number of carboxylic acids is 1. The second-order valence-electron chi connectivity index (χ2n) is 6.88. The zero-order chi connectivity index (χ0) is 18.8. The predicted molar refractivity (Wildman–Crippen MR) is 98.8 cm³/mol. The first-order valence-corrected chi connectivity index (χ1v) is 8.98. The average Bonchev–Trinajstić information content (AvgIpc) is 3.24. The molecule has 0 saturated heterocycles. The number of fused-ring (bicyclic) bond motifs is 1. The Morgan fingerprint density at radius 2 is 2.07 bits per heavy atom. The molecule has 8 heteroatoms. The number of anilines is 1. The molecule has 3 heterocycles. The standard InChI is InChI=1S/C19H21N5O3/c20-17-8-15-6-12(4-5-24(15)23-17)14-9-21-18(22-10-14)11-27-16-3-1-2-13(16)7-19(25)26/h4-6,8-10,13,16H,1-3,7,11H2,(H2,20,23)(H,25,26)/t13?,16-/m0/s1. The minimum absolute atomic E-state index is 0.0286. The second-order valence-corrected chi connectivity index (χ2v) is 6.88. The maximum Gasteiger partial charge on any atom is 0.303 e. The molecule has 0 amide bonds. The van der Waals surface area contributed by atoms with Gasteiger partial charge >= 0.3 is 5.97 Å². The van der Waals surface area contributed by atoms with Crippen LogP contribution in [0.25, 0.3) is 16.6 Å². The summed E-state index contributed by atoms with van der Waals surface area (Å²) in [6, 6.07) is 5.72. The van der Waals surface area contributed by atoms with E-state index in [0.29, 0.717) is 18.2 Å². The normalized spacial score (nSPS) is 19.6. The van der Waals surface area contributed by atoms with Gasteiger partial charge in [0, 0.05) is 30.2 Å². The number of nitrogens with two attached hydrogens (primary N) is 1. The number of carboxylic acid groups (broad SMARTS) is 1. The molecule has 27 heavy (non-hydrogen) atoms. The predicted octanol–water partition coefficient (Wildman–Crippen LogP) is 2.53. The van der Waals surface area contributed by atoms with Gasteiger partial charge in [0.1, 0.15) is 12.4 Å². The molecule has 1 fully saturated rings. The Hall–Kier alpha value is -3.00. The summed E-state index contributed by atoms with van der Waals surface area (Å²) in [5, 5.41) is 13.1. The Morgan fingerprint density at radius 3 is 2.85 bits per heavy atom. The molecule has 4 rings (SSSR count). The molecule has 1 aliphatic carbocycles. The summed E-state index contributed by atoms with van der Waals surface area (Å²) in [7, 11) is 0. The summed E-state index contributed by atoms with van der Waals surface area (Å²) in [5.74, 6) is 0.378. The van der Waals surface area contributed by atoms with Crippen LogP contribution in [0.2, 0.25) is 0 Å². The lowest BCUT2D eigenvalue weighted by atomic mass is 10.0. The number of carbonyl (C=O) groups is 1. The number of ether oxygens (including phenoxy) is 1. The molecule has 3 N–H and O–H groups in total. The SMILES string of the molecule is Nc1cc2cc(-c3cnc(CO[C@H]4CCCC4CC(=O)O)nc3)ccn2n1. The van der Waals surface area contributed by atoms with Crippen LogP contribution in [0.1, 0.15) is 31.5 Å². The van der Waals surface area contributed by atoms with E-state index in [1.165, 1.54) is 0 Å². The molecule has 0 aromatic carbocycles. The van der Waals surface area contributed by atoms with E-state index in [9.17, 15) is 4.79 Å². The van der Waals surface area contributed by atoms with Crippen molar-refractivity contribution >= 4 is 17.3 Å². The lowest BCUT2D eigenvalue weighted by Crippen LogP contribution is -2.21. The van der Waals surface area contributed by atoms with E-state index in [-0.39, 0.29) is 18.4 Å². The zero-order valence-corrected chi connectivity index (χ0v) is 14.8. The maximum atomic E-state index is 10.9.